The van der Waals surface area contributed by atoms with Crippen molar-refractivity contribution in [2.75, 3.05) is 0 Å². The Labute approximate surface area is 166 Å². The van der Waals surface area contributed by atoms with Crippen LogP contribution in [0.25, 0.3) is 10.8 Å². The molecule has 0 atom stereocenters. The lowest BCUT2D eigenvalue weighted by Crippen LogP contribution is -2.25. The molecule has 2 aliphatic rings. The summed E-state index contributed by atoms with van der Waals surface area (Å²) in [6.45, 7) is 0. The summed E-state index contributed by atoms with van der Waals surface area (Å²) < 4.78 is 11.6. The molecule has 28 heavy (non-hydrogen) atoms. The molecule has 4 rings (SSSR count). The van der Waals surface area contributed by atoms with Gasteiger partial charge >= 0.3 is 11.9 Å². The van der Waals surface area contributed by atoms with Gasteiger partial charge in [0.25, 0.3) is 0 Å². The van der Waals surface area contributed by atoms with Crippen LogP contribution in [0.1, 0.15) is 64.2 Å². The molecule has 0 radical (unpaired) electrons. The van der Waals surface area contributed by atoms with Gasteiger partial charge in [0.05, 0.1) is 11.8 Å². The van der Waals surface area contributed by atoms with Crippen molar-refractivity contribution in [2.45, 2.75) is 64.2 Å². The van der Waals surface area contributed by atoms with Crippen molar-refractivity contribution in [1.29, 1.82) is 0 Å². The average Bonchev–Trinajstić information content (AvgIpc) is 2.76. The van der Waals surface area contributed by atoms with E-state index in [0.717, 1.165) is 62.1 Å². The summed E-state index contributed by atoms with van der Waals surface area (Å²) in [6, 6.07) is 11.4. The number of rotatable bonds is 4. The minimum Gasteiger partial charge on any atom is -0.422 e. The van der Waals surface area contributed by atoms with Crippen LogP contribution >= 0.6 is 0 Å². The van der Waals surface area contributed by atoms with E-state index in [0.29, 0.717) is 11.5 Å². The van der Waals surface area contributed by atoms with Crippen molar-refractivity contribution < 1.29 is 19.1 Å². The Morgan fingerprint density at radius 1 is 0.679 bits per heavy atom. The molecule has 0 bridgehead atoms. The summed E-state index contributed by atoms with van der Waals surface area (Å²) in [6.07, 6.45) is 10.2. The lowest BCUT2D eigenvalue weighted by atomic mass is 9.89. The molecule has 2 saturated carbocycles. The molecule has 0 heterocycles. The largest absolute Gasteiger partial charge is 0.422 e. The molecule has 2 aliphatic carbocycles. The van der Waals surface area contributed by atoms with Gasteiger partial charge in [0.1, 0.15) is 0 Å². The number of carbonyl (C=O) groups is 2. The van der Waals surface area contributed by atoms with Gasteiger partial charge in [-0.1, -0.05) is 68.9 Å². The van der Waals surface area contributed by atoms with Crippen LogP contribution in [0.3, 0.4) is 0 Å². The number of ether oxygens (including phenoxy) is 2. The van der Waals surface area contributed by atoms with Crippen LogP contribution in [0.5, 0.6) is 11.5 Å². The number of hydrogen-bond donors (Lipinski definition) is 0. The van der Waals surface area contributed by atoms with Gasteiger partial charge in [0.15, 0.2) is 11.5 Å². The maximum Gasteiger partial charge on any atom is 0.314 e. The van der Waals surface area contributed by atoms with E-state index in [2.05, 4.69) is 0 Å². The molecule has 0 saturated heterocycles. The summed E-state index contributed by atoms with van der Waals surface area (Å²) in [5.41, 5.74) is 0. The van der Waals surface area contributed by atoms with E-state index in [9.17, 15) is 9.59 Å². The number of hydrogen-bond acceptors (Lipinski definition) is 4. The van der Waals surface area contributed by atoms with Crippen LogP contribution in [0.15, 0.2) is 36.4 Å². The van der Waals surface area contributed by atoms with E-state index in [4.69, 9.17) is 9.47 Å². The maximum absolute atomic E-state index is 12.8. The van der Waals surface area contributed by atoms with E-state index in [1.54, 1.807) is 6.07 Å². The lowest BCUT2D eigenvalue weighted by molar-refractivity contribution is -0.142. The predicted octanol–water partition coefficient (Wildman–Crippen LogP) is 5.81. The second-order valence-electron chi connectivity index (χ2n) is 8.13. The second kappa shape index (κ2) is 8.76. The minimum absolute atomic E-state index is 0.0536. The van der Waals surface area contributed by atoms with Crippen LogP contribution in [0.2, 0.25) is 0 Å². The first-order chi connectivity index (χ1) is 13.7. The van der Waals surface area contributed by atoms with Gasteiger partial charge in [-0.15, -0.1) is 0 Å². The fourth-order valence-electron chi connectivity index (χ4n) is 4.46. The smallest absolute Gasteiger partial charge is 0.314 e. The number of benzene rings is 2. The third kappa shape index (κ3) is 4.21. The SMILES string of the molecule is O=C(Oc1ccc2ccccc2c1OC(=O)C1CCCCC1)C1CCCCC1. The Kier molecular flexibility index (Phi) is 5.94. The zero-order valence-corrected chi connectivity index (χ0v) is 16.3. The van der Waals surface area contributed by atoms with Crippen LogP contribution in [0.4, 0.5) is 0 Å². The minimum atomic E-state index is -0.204. The van der Waals surface area contributed by atoms with Gasteiger partial charge in [-0.2, -0.15) is 0 Å². The van der Waals surface area contributed by atoms with Gasteiger partial charge < -0.3 is 9.47 Å². The average molecular weight is 380 g/mol. The standard InChI is InChI=1S/C24H28O4/c25-23(18-10-3-1-4-11-18)27-21-16-15-17-9-7-8-14-20(17)22(21)28-24(26)19-12-5-2-6-13-19/h7-9,14-16,18-19H,1-6,10-13H2. The third-order valence-corrected chi connectivity index (χ3v) is 6.13. The van der Waals surface area contributed by atoms with Gasteiger partial charge in [-0.25, -0.2) is 0 Å². The Balaban J connectivity index is 1.60. The Morgan fingerprint density at radius 2 is 1.25 bits per heavy atom. The molecule has 0 aliphatic heterocycles. The summed E-state index contributed by atoms with van der Waals surface area (Å²) in [5, 5.41) is 1.77. The van der Waals surface area contributed by atoms with Crippen molar-refractivity contribution >= 4 is 22.7 Å². The normalized spacial score (nSPS) is 18.7. The van der Waals surface area contributed by atoms with Gasteiger partial charge in [0.2, 0.25) is 0 Å². The quantitative estimate of drug-likeness (QED) is 0.496. The van der Waals surface area contributed by atoms with E-state index >= 15 is 0 Å². The monoisotopic (exact) mass is 380 g/mol. The van der Waals surface area contributed by atoms with Crippen LogP contribution < -0.4 is 9.47 Å². The van der Waals surface area contributed by atoms with Crippen molar-refractivity contribution in [3.05, 3.63) is 36.4 Å². The molecular formula is C24H28O4. The highest BCUT2D eigenvalue weighted by atomic mass is 16.6. The van der Waals surface area contributed by atoms with Gasteiger partial charge in [-0.3, -0.25) is 9.59 Å². The first-order valence-electron chi connectivity index (χ1n) is 10.7. The Hall–Kier alpha value is -2.36. The van der Waals surface area contributed by atoms with E-state index in [1.807, 2.05) is 30.3 Å². The molecule has 4 heteroatoms. The summed E-state index contributed by atoms with van der Waals surface area (Å²) >= 11 is 0. The van der Waals surface area contributed by atoms with Crippen molar-refractivity contribution in [3.8, 4) is 11.5 Å². The highest BCUT2D eigenvalue weighted by Crippen LogP contribution is 2.38. The van der Waals surface area contributed by atoms with Crippen molar-refractivity contribution in [1.82, 2.24) is 0 Å². The van der Waals surface area contributed by atoms with Gasteiger partial charge in [0, 0.05) is 5.39 Å². The van der Waals surface area contributed by atoms with E-state index in [-0.39, 0.29) is 23.8 Å². The summed E-state index contributed by atoms with van der Waals surface area (Å²) in [7, 11) is 0. The lowest BCUT2D eigenvalue weighted by Gasteiger charge is -2.22. The van der Waals surface area contributed by atoms with Gasteiger partial charge in [-0.05, 0) is 37.1 Å². The fraction of sp³-hybridized carbons (Fsp3) is 0.500. The Morgan fingerprint density at radius 3 is 1.89 bits per heavy atom. The fourth-order valence-corrected chi connectivity index (χ4v) is 4.46. The second-order valence-corrected chi connectivity index (χ2v) is 8.13. The van der Waals surface area contributed by atoms with Crippen LogP contribution in [0, 0.1) is 11.8 Å². The molecule has 148 valence electrons. The molecule has 0 spiro atoms. The highest BCUT2D eigenvalue weighted by molar-refractivity contribution is 5.94. The number of esters is 2. The van der Waals surface area contributed by atoms with Crippen LogP contribution in [-0.4, -0.2) is 11.9 Å². The summed E-state index contributed by atoms with van der Waals surface area (Å²) in [4.78, 5) is 25.5. The van der Waals surface area contributed by atoms with E-state index < -0.39 is 0 Å². The molecule has 0 unspecified atom stereocenters. The maximum atomic E-state index is 12.8. The topological polar surface area (TPSA) is 52.6 Å². The molecular weight excluding hydrogens is 352 g/mol. The molecule has 2 fully saturated rings. The zero-order chi connectivity index (χ0) is 19.3. The predicted molar refractivity (Wildman–Crippen MR) is 108 cm³/mol. The van der Waals surface area contributed by atoms with Crippen molar-refractivity contribution in [2.24, 2.45) is 11.8 Å². The molecule has 0 amide bonds. The molecule has 0 N–H and O–H groups in total. The van der Waals surface area contributed by atoms with E-state index in [1.165, 1.54) is 12.8 Å². The summed E-state index contributed by atoms with van der Waals surface area (Å²) in [5.74, 6) is 0.226. The van der Waals surface area contributed by atoms with Crippen molar-refractivity contribution in [3.63, 3.8) is 0 Å². The van der Waals surface area contributed by atoms with Crippen LogP contribution in [-0.2, 0) is 9.59 Å². The molecule has 4 nitrogen and oxygen atoms in total. The Bertz CT molecular complexity index is 845. The first-order valence-corrected chi connectivity index (χ1v) is 10.7. The molecule has 2 aromatic rings. The highest BCUT2D eigenvalue weighted by Gasteiger charge is 2.27. The number of fused-ring (bicyclic) bond motifs is 1. The molecule has 2 aromatic carbocycles. The zero-order valence-electron chi connectivity index (χ0n) is 16.3. The third-order valence-electron chi connectivity index (χ3n) is 6.13. The number of carbonyl (C=O) groups excluding carboxylic acids is 2. The molecule has 0 aromatic heterocycles. The first kappa shape index (κ1) is 19.0.